The molecule has 0 saturated carbocycles. The van der Waals surface area contributed by atoms with Gasteiger partial charge in [0.15, 0.2) is 0 Å². The first-order chi connectivity index (χ1) is 9.44. The fourth-order valence-corrected chi connectivity index (χ4v) is 2.15. The van der Waals surface area contributed by atoms with Gasteiger partial charge in [-0.25, -0.2) is 4.79 Å². The van der Waals surface area contributed by atoms with E-state index in [-0.39, 0.29) is 11.6 Å². The van der Waals surface area contributed by atoms with E-state index in [2.05, 4.69) is 19.2 Å². The van der Waals surface area contributed by atoms with Crippen molar-refractivity contribution >= 4 is 17.7 Å². The number of amides is 1. The van der Waals surface area contributed by atoms with Crippen molar-refractivity contribution in [1.82, 2.24) is 5.32 Å². The fraction of sp³-hybridized carbons (Fsp3) is 0.812. The second kappa shape index (κ2) is 8.15. The molecule has 5 heteroatoms. The number of nitrogens with one attached hydrogen (secondary N) is 1. The summed E-state index contributed by atoms with van der Waals surface area (Å²) in [5.74, 6) is -0.844. The lowest BCUT2D eigenvalue weighted by Crippen LogP contribution is -2.47. The Morgan fingerprint density at radius 2 is 1.48 bits per heavy atom. The molecule has 0 aliphatic heterocycles. The second-order valence-corrected chi connectivity index (χ2v) is 6.92. The van der Waals surface area contributed by atoms with Crippen molar-refractivity contribution in [3.05, 3.63) is 0 Å². The van der Waals surface area contributed by atoms with Crippen LogP contribution in [-0.2, 0) is 14.3 Å². The van der Waals surface area contributed by atoms with E-state index in [4.69, 9.17) is 4.74 Å². The number of carbonyl (C=O) groups excluding carboxylic acids is 3. The minimum absolute atomic E-state index is 0.229. The van der Waals surface area contributed by atoms with E-state index in [1.807, 2.05) is 0 Å². The summed E-state index contributed by atoms with van der Waals surface area (Å²) in [6.45, 7) is 12.2. The highest BCUT2D eigenvalue weighted by atomic mass is 16.6. The number of ether oxygens (including phenoxy) is 1. The molecule has 0 radical (unpaired) electrons. The molecule has 0 aliphatic rings. The van der Waals surface area contributed by atoms with Crippen LogP contribution in [0.25, 0.3) is 0 Å². The van der Waals surface area contributed by atoms with Crippen molar-refractivity contribution in [2.75, 3.05) is 0 Å². The number of ketones is 2. The van der Waals surface area contributed by atoms with Gasteiger partial charge in [-0.15, -0.1) is 0 Å². The number of rotatable bonds is 7. The van der Waals surface area contributed by atoms with Crippen LogP contribution in [0.1, 0.15) is 61.3 Å². The Hall–Kier alpha value is -1.39. The normalized spacial score (nSPS) is 13.2. The van der Waals surface area contributed by atoms with Crippen molar-refractivity contribution in [3.8, 4) is 0 Å². The maximum Gasteiger partial charge on any atom is 0.407 e. The minimum Gasteiger partial charge on any atom is -0.444 e. The fourth-order valence-electron chi connectivity index (χ4n) is 2.15. The Morgan fingerprint density at radius 1 is 1.00 bits per heavy atom. The van der Waals surface area contributed by atoms with Crippen LogP contribution in [0, 0.1) is 11.8 Å². The van der Waals surface area contributed by atoms with Crippen molar-refractivity contribution in [1.29, 1.82) is 0 Å². The van der Waals surface area contributed by atoms with Gasteiger partial charge in [0.25, 0.3) is 0 Å². The zero-order valence-electron chi connectivity index (χ0n) is 14.3. The molecule has 1 N–H and O–H groups in total. The van der Waals surface area contributed by atoms with Crippen LogP contribution >= 0.6 is 0 Å². The van der Waals surface area contributed by atoms with E-state index < -0.39 is 23.7 Å². The molecule has 0 aromatic rings. The smallest absolute Gasteiger partial charge is 0.407 e. The highest BCUT2D eigenvalue weighted by Crippen LogP contribution is 2.17. The number of carbonyl (C=O) groups is 3. The van der Waals surface area contributed by atoms with Crippen LogP contribution in [0.3, 0.4) is 0 Å². The third kappa shape index (κ3) is 8.48. The van der Waals surface area contributed by atoms with Gasteiger partial charge in [0.1, 0.15) is 17.2 Å². The molecule has 0 rings (SSSR count). The largest absolute Gasteiger partial charge is 0.444 e. The molecule has 0 spiro atoms. The molecule has 0 aromatic heterocycles. The van der Waals surface area contributed by atoms with Gasteiger partial charge < -0.3 is 10.1 Å². The highest BCUT2D eigenvalue weighted by molar-refractivity contribution is 6.01. The monoisotopic (exact) mass is 299 g/mol. The van der Waals surface area contributed by atoms with Gasteiger partial charge in [-0.05, 0) is 53.4 Å². The molecule has 5 nitrogen and oxygen atoms in total. The summed E-state index contributed by atoms with van der Waals surface area (Å²) in [5, 5.41) is 2.69. The maximum atomic E-state index is 11.9. The first kappa shape index (κ1) is 19.6. The minimum atomic E-state index is -0.809. The van der Waals surface area contributed by atoms with E-state index in [9.17, 15) is 14.4 Å². The Balaban J connectivity index is 5.00. The lowest BCUT2D eigenvalue weighted by atomic mass is 9.87. The lowest BCUT2D eigenvalue weighted by Gasteiger charge is -2.27. The zero-order chi connectivity index (χ0) is 16.8. The molecular formula is C16H29NO4. The summed E-state index contributed by atoms with van der Waals surface area (Å²) in [6.07, 6.45) is 0.793. The van der Waals surface area contributed by atoms with Gasteiger partial charge in [0, 0.05) is 6.04 Å². The van der Waals surface area contributed by atoms with E-state index in [0.29, 0.717) is 12.3 Å². The van der Waals surface area contributed by atoms with Crippen LogP contribution in [0.2, 0.25) is 0 Å². The van der Waals surface area contributed by atoms with Crippen molar-refractivity contribution in [2.45, 2.75) is 73.0 Å². The Labute approximate surface area is 127 Å². The quantitative estimate of drug-likeness (QED) is 0.733. The standard InChI is InChI=1S/C16H29NO4/c1-10(2)8-9-13(14(11(3)18)12(4)19)17-15(20)21-16(5,6)7/h10,13-14H,8-9H2,1-7H3,(H,17,20)/t13-/m1/s1. The average molecular weight is 299 g/mol. The van der Waals surface area contributed by atoms with Crippen LogP contribution in [0.5, 0.6) is 0 Å². The van der Waals surface area contributed by atoms with Crippen molar-refractivity contribution in [3.63, 3.8) is 0 Å². The second-order valence-electron chi connectivity index (χ2n) is 6.92. The van der Waals surface area contributed by atoms with Gasteiger partial charge in [0.05, 0.1) is 5.92 Å². The zero-order valence-corrected chi connectivity index (χ0v) is 14.3. The third-order valence-electron chi connectivity index (χ3n) is 3.04. The predicted molar refractivity (Wildman–Crippen MR) is 82.1 cm³/mol. The van der Waals surface area contributed by atoms with Crippen LogP contribution in [0.15, 0.2) is 0 Å². The van der Waals surface area contributed by atoms with Crippen LogP contribution in [-0.4, -0.2) is 29.3 Å². The van der Waals surface area contributed by atoms with E-state index in [1.165, 1.54) is 13.8 Å². The van der Waals surface area contributed by atoms with Gasteiger partial charge in [-0.3, -0.25) is 9.59 Å². The first-order valence-corrected chi connectivity index (χ1v) is 7.44. The van der Waals surface area contributed by atoms with E-state index in [1.54, 1.807) is 20.8 Å². The number of hydrogen-bond acceptors (Lipinski definition) is 4. The summed E-state index contributed by atoms with van der Waals surface area (Å²) in [4.78, 5) is 35.4. The van der Waals surface area contributed by atoms with Gasteiger partial charge in [-0.1, -0.05) is 13.8 Å². The summed E-state index contributed by atoms with van der Waals surface area (Å²) >= 11 is 0. The summed E-state index contributed by atoms with van der Waals surface area (Å²) in [5.41, 5.74) is -0.616. The molecule has 122 valence electrons. The molecule has 0 saturated heterocycles. The first-order valence-electron chi connectivity index (χ1n) is 7.44. The Bertz CT molecular complexity index is 368. The molecular weight excluding hydrogens is 270 g/mol. The topological polar surface area (TPSA) is 72.5 Å². The summed E-state index contributed by atoms with van der Waals surface area (Å²) in [7, 11) is 0. The summed E-state index contributed by atoms with van der Waals surface area (Å²) in [6, 6.07) is -0.516. The van der Waals surface area contributed by atoms with Crippen LogP contribution < -0.4 is 5.32 Å². The number of Topliss-reactive ketones (excluding diaryl/α,β-unsaturated/α-hetero) is 2. The van der Waals surface area contributed by atoms with Gasteiger partial charge in [-0.2, -0.15) is 0 Å². The Morgan fingerprint density at radius 3 is 1.81 bits per heavy atom. The molecule has 0 aromatic carbocycles. The average Bonchev–Trinajstić information content (AvgIpc) is 2.21. The van der Waals surface area contributed by atoms with Crippen molar-refractivity contribution < 1.29 is 19.1 Å². The third-order valence-corrected chi connectivity index (χ3v) is 3.04. The van der Waals surface area contributed by atoms with Crippen molar-refractivity contribution in [2.24, 2.45) is 11.8 Å². The SMILES string of the molecule is CC(=O)C(C(C)=O)[C@@H](CCC(C)C)NC(=O)OC(C)(C)C. The molecule has 0 bridgehead atoms. The molecule has 1 atom stereocenters. The van der Waals surface area contributed by atoms with Gasteiger partial charge in [0.2, 0.25) is 0 Å². The number of alkyl carbamates (subject to hydrolysis) is 1. The number of hydrogen-bond donors (Lipinski definition) is 1. The summed E-state index contributed by atoms with van der Waals surface area (Å²) < 4.78 is 5.21. The molecule has 0 heterocycles. The predicted octanol–water partition coefficient (Wildman–Crippen LogP) is 3.11. The van der Waals surface area contributed by atoms with E-state index in [0.717, 1.165) is 6.42 Å². The molecule has 1 amide bonds. The lowest BCUT2D eigenvalue weighted by molar-refractivity contribution is -0.131. The molecule has 0 aliphatic carbocycles. The van der Waals surface area contributed by atoms with E-state index >= 15 is 0 Å². The molecule has 0 fully saturated rings. The van der Waals surface area contributed by atoms with Crippen LogP contribution in [0.4, 0.5) is 4.79 Å². The van der Waals surface area contributed by atoms with Gasteiger partial charge >= 0.3 is 6.09 Å². The molecule has 21 heavy (non-hydrogen) atoms. The maximum absolute atomic E-state index is 11.9. The molecule has 0 unspecified atom stereocenters. The highest BCUT2D eigenvalue weighted by Gasteiger charge is 2.32. The Kier molecular flexibility index (Phi) is 7.61.